The van der Waals surface area contributed by atoms with Gasteiger partial charge in [0.15, 0.2) is 0 Å². The predicted octanol–water partition coefficient (Wildman–Crippen LogP) is 1.82. The molecule has 0 radical (unpaired) electrons. The summed E-state index contributed by atoms with van der Waals surface area (Å²) in [5.74, 6) is 0.338. The molecule has 76 valence electrons. The van der Waals surface area contributed by atoms with E-state index in [1.165, 1.54) is 12.4 Å². The number of aromatic nitrogens is 4. The fraction of sp³-hybridized carbons (Fsp3) is 0. The van der Waals surface area contributed by atoms with E-state index in [2.05, 4.69) is 19.9 Å². The van der Waals surface area contributed by atoms with Gasteiger partial charge in [0.1, 0.15) is 16.7 Å². The van der Waals surface area contributed by atoms with Crippen LogP contribution in [0.3, 0.4) is 0 Å². The summed E-state index contributed by atoms with van der Waals surface area (Å²) in [6.07, 6.45) is 2.92. The van der Waals surface area contributed by atoms with E-state index in [9.17, 15) is 0 Å². The highest BCUT2D eigenvalue weighted by Crippen LogP contribution is 2.19. The second-order valence-electron chi connectivity index (χ2n) is 2.67. The Morgan fingerprint density at radius 2 is 1.80 bits per heavy atom. The van der Waals surface area contributed by atoms with Crippen molar-refractivity contribution in [3.8, 4) is 11.4 Å². The molecule has 0 aliphatic rings. The van der Waals surface area contributed by atoms with Gasteiger partial charge >= 0.3 is 0 Å². The van der Waals surface area contributed by atoms with Gasteiger partial charge in [-0.2, -0.15) is 0 Å². The van der Waals surface area contributed by atoms with Crippen molar-refractivity contribution in [3.05, 3.63) is 28.9 Å². The molecule has 2 rings (SSSR count). The first kappa shape index (κ1) is 10.1. The number of nitrogen functional groups attached to an aromatic ring is 1. The molecule has 0 spiro atoms. The molecule has 0 fully saturated rings. The zero-order chi connectivity index (χ0) is 10.8. The van der Waals surface area contributed by atoms with Crippen molar-refractivity contribution in [1.29, 1.82) is 0 Å². The van der Waals surface area contributed by atoms with E-state index >= 15 is 0 Å². The topological polar surface area (TPSA) is 77.6 Å². The van der Waals surface area contributed by atoms with Gasteiger partial charge in [-0.05, 0) is 11.6 Å². The van der Waals surface area contributed by atoms with Crippen LogP contribution in [0, 0.1) is 0 Å². The van der Waals surface area contributed by atoms with Crippen LogP contribution in [0.5, 0.6) is 0 Å². The van der Waals surface area contributed by atoms with Gasteiger partial charge in [0.05, 0.1) is 18.1 Å². The second-order valence-corrected chi connectivity index (χ2v) is 3.40. The van der Waals surface area contributed by atoms with Crippen molar-refractivity contribution >= 4 is 29.0 Å². The van der Waals surface area contributed by atoms with Crippen molar-refractivity contribution < 1.29 is 0 Å². The average molecular weight is 242 g/mol. The highest BCUT2D eigenvalue weighted by Gasteiger charge is 2.05. The largest absolute Gasteiger partial charge is 0.382 e. The summed E-state index contributed by atoms with van der Waals surface area (Å²) in [6, 6.07) is 1.55. The van der Waals surface area contributed by atoms with Crippen LogP contribution in [0.1, 0.15) is 0 Å². The Morgan fingerprint density at radius 3 is 2.40 bits per heavy atom. The molecule has 0 aromatic carbocycles. The summed E-state index contributed by atoms with van der Waals surface area (Å²) in [6.45, 7) is 0. The highest BCUT2D eigenvalue weighted by atomic mass is 35.5. The molecule has 0 atom stereocenters. The Labute approximate surface area is 95.3 Å². The van der Waals surface area contributed by atoms with Gasteiger partial charge in [0.25, 0.3) is 0 Å². The van der Waals surface area contributed by atoms with Crippen molar-refractivity contribution in [1.82, 2.24) is 19.9 Å². The van der Waals surface area contributed by atoms with Crippen LogP contribution in [-0.2, 0) is 0 Å². The van der Waals surface area contributed by atoms with Crippen molar-refractivity contribution in [2.75, 3.05) is 5.73 Å². The Morgan fingerprint density at radius 1 is 1.00 bits per heavy atom. The molecule has 0 bridgehead atoms. The molecule has 0 saturated heterocycles. The fourth-order valence-corrected chi connectivity index (χ4v) is 1.40. The highest BCUT2D eigenvalue weighted by molar-refractivity contribution is 6.32. The van der Waals surface area contributed by atoms with E-state index in [1.54, 1.807) is 6.07 Å². The summed E-state index contributed by atoms with van der Waals surface area (Å²) in [4.78, 5) is 15.6. The molecular weight excluding hydrogens is 237 g/mol. The number of nitrogens with two attached hydrogens (primary N) is 1. The molecule has 0 amide bonds. The van der Waals surface area contributed by atoms with E-state index < -0.39 is 0 Å². The maximum absolute atomic E-state index is 5.72. The maximum atomic E-state index is 5.72. The van der Waals surface area contributed by atoms with Gasteiger partial charge in [-0.1, -0.05) is 11.6 Å². The Kier molecular flexibility index (Phi) is 2.66. The van der Waals surface area contributed by atoms with Crippen molar-refractivity contribution in [2.45, 2.75) is 0 Å². The van der Waals surface area contributed by atoms with E-state index in [1.807, 2.05) is 0 Å². The van der Waals surface area contributed by atoms with Crippen LogP contribution < -0.4 is 5.73 Å². The molecule has 5 nitrogen and oxygen atoms in total. The first-order chi connectivity index (χ1) is 7.15. The van der Waals surface area contributed by atoms with E-state index in [4.69, 9.17) is 28.9 Å². The SMILES string of the molecule is Nc1cnc(-c2cc(Cl)nc(Cl)n2)cn1. The normalized spacial score (nSPS) is 10.3. The lowest BCUT2D eigenvalue weighted by molar-refractivity contribution is 1.13. The lowest BCUT2D eigenvalue weighted by Crippen LogP contribution is -1.95. The molecule has 2 N–H and O–H groups in total. The molecular formula is C8H5Cl2N5. The number of hydrogen-bond acceptors (Lipinski definition) is 5. The molecule has 15 heavy (non-hydrogen) atoms. The lowest BCUT2D eigenvalue weighted by Gasteiger charge is -2.00. The molecule has 0 saturated carbocycles. The zero-order valence-corrected chi connectivity index (χ0v) is 8.87. The number of rotatable bonds is 1. The van der Waals surface area contributed by atoms with Crippen molar-refractivity contribution in [2.24, 2.45) is 0 Å². The molecule has 0 unspecified atom stereocenters. The van der Waals surface area contributed by atoms with E-state index in [0.717, 1.165) is 0 Å². The third kappa shape index (κ3) is 2.31. The smallest absolute Gasteiger partial charge is 0.224 e. The second kappa shape index (κ2) is 3.96. The van der Waals surface area contributed by atoms with Crippen LogP contribution in [-0.4, -0.2) is 19.9 Å². The summed E-state index contributed by atoms with van der Waals surface area (Å²) in [5, 5.41) is 0.319. The van der Waals surface area contributed by atoms with Gasteiger partial charge in [-0.25, -0.2) is 19.9 Å². The first-order valence-corrected chi connectivity index (χ1v) is 4.69. The number of anilines is 1. The third-order valence-corrected chi connectivity index (χ3v) is 1.96. The molecule has 7 heteroatoms. The van der Waals surface area contributed by atoms with Crippen LogP contribution in [0.15, 0.2) is 18.5 Å². The first-order valence-electron chi connectivity index (χ1n) is 3.93. The van der Waals surface area contributed by atoms with Crippen LogP contribution >= 0.6 is 23.2 Å². The minimum absolute atomic E-state index is 0.0659. The Hall–Kier alpha value is -1.46. The maximum Gasteiger partial charge on any atom is 0.224 e. The standard InChI is InChI=1S/C8H5Cl2N5/c9-6-1-4(14-8(10)15-6)5-2-13-7(11)3-12-5/h1-3H,(H2,11,13). The Bertz CT molecular complexity index is 465. The van der Waals surface area contributed by atoms with Gasteiger partial charge < -0.3 is 5.73 Å². The van der Waals surface area contributed by atoms with Crippen LogP contribution in [0.4, 0.5) is 5.82 Å². The minimum atomic E-state index is 0.0659. The summed E-state index contributed by atoms with van der Waals surface area (Å²) in [7, 11) is 0. The predicted molar refractivity (Wildman–Crippen MR) is 57.5 cm³/mol. The number of hydrogen-bond donors (Lipinski definition) is 1. The minimum Gasteiger partial charge on any atom is -0.382 e. The monoisotopic (exact) mass is 241 g/mol. The third-order valence-electron chi connectivity index (χ3n) is 1.60. The van der Waals surface area contributed by atoms with Gasteiger partial charge in [0.2, 0.25) is 5.28 Å². The molecule has 2 heterocycles. The lowest BCUT2D eigenvalue weighted by atomic mass is 10.3. The molecule has 0 aliphatic carbocycles. The van der Waals surface area contributed by atoms with E-state index in [-0.39, 0.29) is 10.4 Å². The van der Waals surface area contributed by atoms with Crippen LogP contribution in [0.2, 0.25) is 10.4 Å². The zero-order valence-electron chi connectivity index (χ0n) is 7.35. The Balaban J connectivity index is 2.49. The van der Waals surface area contributed by atoms with Gasteiger partial charge in [0, 0.05) is 6.07 Å². The summed E-state index contributed by atoms with van der Waals surface area (Å²) in [5.41, 5.74) is 6.45. The van der Waals surface area contributed by atoms with Crippen LogP contribution in [0.25, 0.3) is 11.4 Å². The number of nitrogens with zero attached hydrogens (tertiary/aromatic N) is 4. The molecule has 2 aromatic heterocycles. The van der Waals surface area contributed by atoms with Crippen molar-refractivity contribution in [3.63, 3.8) is 0 Å². The molecule has 2 aromatic rings. The van der Waals surface area contributed by atoms with E-state index in [0.29, 0.717) is 17.2 Å². The quantitative estimate of drug-likeness (QED) is 0.609. The summed E-state index contributed by atoms with van der Waals surface area (Å²) >= 11 is 11.4. The number of halogens is 2. The summed E-state index contributed by atoms with van der Waals surface area (Å²) < 4.78 is 0. The van der Waals surface area contributed by atoms with Gasteiger partial charge in [-0.15, -0.1) is 0 Å². The fourth-order valence-electron chi connectivity index (χ4n) is 0.991. The average Bonchev–Trinajstić information content (AvgIpc) is 2.17. The van der Waals surface area contributed by atoms with Gasteiger partial charge in [-0.3, -0.25) is 0 Å². The molecule has 0 aliphatic heterocycles.